The van der Waals surface area contributed by atoms with Gasteiger partial charge in [-0.15, -0.1) is 0 Å². The van der Waals surface area contributed by atoms with Crippen molar-refractivity contribution in [1.82, 2.24) is 4.90 Å². The van der Waals surface area contributed by atoms with Gasteiger partial charge in [0, 0.05) is 29.5 Å². The van der Waals surface area contributed by atoms with Crippen LogP contribution in [0.25, 0.3) is 0 Å². The van der Waals surface area contributed by atoms with Gasteiger partial charge in [0.25, 0.3) is 5.91 Å². The van der Waals surface area contributed by atoms with Gasteiger partial charge in [-0.25, -0.2) is 14.5 Å². The van der Waals surface area contributed by atoms with Gasteiger partial charge in [0.1, 0.15) is 11.4 Å². The second-order valence-electron chi connectivity index (χ2n) is 8.08. The Labute approximate surface area is 152 Å². The summed E-state index contributed by atoms with van der Waals surface area (Å²) in [4.78, 5) is 49.3. The molecule has 0 aromatic heterocycles. The highest BCUT2D eigenvalue weighted by Crippen LogP contribution is 2.51. The number of carbonyl (C=O) groups excluding carboxylic acids is 3. The quantitative estimate of drug-likeness (QED) is 0.773. The molecule has 7 heteroatoms. The molecule has 142 valence electrons. The summed E-state index contributed by atoms with van der Waals surface area (Å²) in [5, 5.41) is 8.98. The molecular formula is C19H25NO6. The molecule has 0 radical (unpaired) electrons. The third-order valence-corrected chi connectivity index (χ3v) is 4.90. The van der Waals surface area contributed by atoms with Gasteiger partial charge in [0.15, 0.2) is 0 Å². The van der Waals surface area contributed by atoms with Crippen LogP contribution in [0.4, 0.5) is 4.79 Å². The Morgan fingerprint density at radius 3 is 2.46 bits per heavy atom. The van der Waals surface area contributed by atoms with Crippen LogP contribution in [-0.2, 0) is 19.1 Å². The smallest absolute Gasteiger partial charge is 0.417 e. The lowest BCUT2D eigenvalue weighted by molar-refractivity contribution is -0.131. The Morgan fingerprint density at radius 1 is 1.35 bits per heavy atom. The fraction of sp³-hybridized carbons (Fsp3) is 0.579. The number of aliphatic carboxylic acids is 1. The highest BCUT2D eigenvalue weighted by molar-refractivity contribution is 6.06. The average Bonchev–Trinajstić information content (AvgIpc) is 2.74. The van der Waals surface area contributed by atoms with Crippen molar-refractivity contribution in [1.29, 1.82) is 0 Å². The topological polar surface area (TPSA) is 101 Å². The third-order valence-electron chi connectivity index (χ3n) is 4.90. The minimum Gasteiger partial charge on any atom is -0.478 e. The number of ether oxygens (including phenoxy) is 1. The number of likely N-dealkylation sites (tertiary alicyclic amines) is 1. The van der Waals surface area contributed by atoms with Gasteiger partial charge in [-0.3, -0.25) is 9.59 Å². The molecule has 0 spiro atoms. The number of rotatable bonds is 3. The van der Waals surface area contributed by atoms with E-state index in [2.05, 4.69) is 0 Å². The van der Waals surface area contributed by atoms with Crippen LogP contribution in [0.1, 0.15) is 41.0 Å². The van der Waals surface area contributed by atoms with Crippen molar-refractivity contribution < 1.29 is 29.0 Å². The van der Waals surface area contributed by atoms with Gasteiger partial charge < -0.3 is 9.84 Å². The minimum atomic E-state index is -1.12. The lowest BCUT2D eigenvalue weighted by Gasteiger charge is -2.39. The van der Waals surface area contributed by atoms with Crippen LogP contribution in [0.3, 0.4) is 0 Å². The number of hydrogen-bond donors (Lipinski definition) is 1. The first kappa shape index (κ1) is 19.9. The maximum atomic E-state index is 12.8. The normalized spacial score (nSPS) is 28.7. The van der Waals surface area contributed by atoms with Crippen molar-refractivity contribution in [3.05, 3.63) is 23.8 Å². The number of carboxylic acids is 1. The van der Waals surface area contributed by atoms with E-state index in [0.29, 0.717) is 12.0 Å². The molecule has 1 saturated heterocycles. The molecule has 2 rings (SSSR count). The highest BCUT2D eigenvalue weighted by atomic mass is 16.6. The van der Waals surface area contributed by atoms with Crippen LogP contribution in [0.5, 0.6) is 0 Å². The van der Waals surface area contributed by atoms with Crippen LogP contribution in [0.2, 0.25) is 0 Å². The summed E-state index contributed by atoms with van der Waals surface area (Å²) in [6, 6.07) is 0. The molecular weight excluding hydrogens is 338 g/mol. The van der Waals surface area contributed by atoms with Gasteiger partial charge >= 0.3 is 12.1 Å². The molecule has 1 aliphatic carbocycles. The van der Waals surface area contributed by atoms with Crippen molar-refractivity contribution >= 4 is 23.8 Å². The monoisotopic (exact) mass is 363 g/mol. The van der Waals surface area contributed by atoms with E-state index < -0.39 is 40.8 Å². The lowest BCUT2D eigenvalue weighted by Crippen LogP contribution is -2.42. The van der Waals surface area contributed by atoms with Crippen LogP contribution in [0, 0.1) is 17.3 Å². The summed E-state index contributed by atoms with van der Waals surface area (Å²) in [5.41, 5.74) is -1.15. The largest absolute Gasteiger partial charge is 0.478 e. The van der Waals surface area contributed by atoms with Gasteiger partial charge in [0.05, 0.1) is 0 Å². The standard InChI is InChI=1S/C19H25NO6/c1-11(21)12-6-7-14-16(24)20(17(25)26-18(2,3)4)10-19(14,5)13(12)8-9-15(22)23/h7-9,12-13H,6,10H2,1-5H3,(H,22,23)/b9-8+/t12-,13-,19-/m1/s1. The fourth-order valence-corrected chi connectivity index (χ4v) is 3.73. The van der Waals surface area contributed by atoms with Crippen LogP contribution in [-0.4, -0.2) is 45.9 Å². The summed E-state index contributed by atoms with van der Waals surface area (Å²) in [6.45, 7) is 8.42. The van der Waals surface area contributed by atoms with Crippen LogP contribution < -0.4 is 0 Å². The molecule has 1 fully saturated rings. The number of hydrogen-bond acceptors (Lipinski definition) is 5. The molecule has 2 amide bonds. The van der Waals surface area contributed by atoms with Gasteiger partial charge in [-0.2, -0.15) is 0 Å². The Balaban J connectivity index is 2.41. The SMILES string of the molecule is CC(=O)[C@H]1CC=C2C(=O)N(C(=O)OC(C)(C)C)C[C@]2(C)[C@@H]1/C=C/C(=O)O. The number of carbonyl (C=O) groups is 4. The van der Waals surface area contributed by atoms with Crippen molar-refractivity contribution in [3.63, 3.8) is 0 Å². The number of amides is 2. The Kier molecular flexibility index (Phi) is 5.12. The van der Waals surface area contributed by atoms with E-state index >= 15 is 0 Å². The zero-order valence-electron chi connectivity index (χ0n) is 15.7. The van der Waals surface area contributed by atoms with E-state index in [9.17, 15) is 19.2 Å². The summed E-state index contributed by atoms with van der Waals surface area (Å²) in [6.07, 6.45) is 3.76. The molecule has 0 aromatic carbocycles. The summed E-state index contributed by atoms with van der Waals surface area (Å²) < 4.78 is 5.31. The zero-order valence-corrected chi connectivity index (χ0v) is 15.7. The summed E-state index contributed by atoms with van der Waals surface area (Å²) in [5.74, 6) is -2.58. The molecule has 1 N–H and O–H groups in total. The van der Waals surface area contributed by atoms with E-state index in [1.54, 1.807) is 33.8 Å². The first-order valence-corrected chi connectivity index (χ1v) is 8.54. The fourth-order valence-electron chi connectivity index (χ4n) is 3.73. The maximum Gasteiger partial charge on any atom is 0.417 e. The first-order chi connectivity index (χ1) is 11.9. The predicted octanol–water partition coefficient (Wildman–Crippen LogP) is 2.56. The number of carboxylic acid groups (broad SMARTS) is 1. The zero-order chi connectivity index (χ0) is 19.9. The molecule has 1 heterocycles. The molecule has 0 bridgehead atoms. The summed E-state index contributed by atoms with van der Waals surface area (Å²) in [7, 11) is 0. The van der Waals surface area contributed by atoms with Gasteiger partial charge in [-0.05, 0) is 40.0 Å². The Hall–Kier alpha value is -2.44. The molecule has 7 nitrogen and oxygen atoms in total. The Bertz CT molecular complexity index is 714. The van der Waals surface area contributed by atoms with E-state index in [-0.39, 0.29) is 12.3 Å². The molecule has 0 saturated carbocycles. The third kappa shape index (κ3) is 3.71. The molecule has 26 heavy (non-hydrogen) atoms. The van der Waals surface area contributed by atoms with Crippen molar-refractivity contribution in [2.45, 2.75) is 46.6 Å². The van der Waals surface area contributed by atoms with Crippen molar-refractivity contribution in [2.75, 3.05) is 6.54 Å². The average molecular weight is 363 g/mol. The van der Waals surface area contributed by atoms with Crippen LogP contribution >= 0.6 is 0 Å². The summed E-state index contributed by atoms with van der Waals surface area (Å²) >= 11 is 0. The van der Waals surface area contributed by atoms with E-state index in [1.165, 1.54) is 13.0 Å². The number of ketones is 1. The van der Waals surface area contributed by atoms with Crippen molar-refractivity contribution in [3.8, 4) is 0 Å². The molecule has 0 aromatic rings. The molecule has 0 unspecified atom stereocenters. The highest BCUT2D eigenvalue weighted by Gasteiger charge is 2.55. The minimum absolute atomic E-state index is 0.0466. The Morgan fingerprint density at radius 2 is 1.96 bits per heavy atom. The van der Waals surface area contributed by atoms with Crippen LogP contribution in [0.15, 0.2) is 23.8 Å². The second kappa shape index (κ2) is 6.70. The van der Waals surface area contributed by atoms with Gasteiger partial charge in [0.2, 0.25) is 0 Å². The molecule has 2 aliphatic rings. The maximum absolute atomic E-state index is 12.8. The number of fused-ring (bicyclic) bond motifs is 1. The van der Waals surface area contributed by atoms with E-state index in [1.807, 2.05) is 0 Å². The number of nitrogens with zero attached hydrogens (tertiary/aromatic N) is 1. The first-order valence-electron chi connectivity index (χ1n) is 8.54. The molecule has 1 aliphatic heterocycles. The number of imide groups is 1. The van der Waals surface area contributed by atoms with Gasteiger partial charge in [-0.1, -0.05) is 19.1 Å². The van der Waals surface area contributed by atoms with E-state index in [4.69, 9.17) is 9.84 Å². The number of allylic oxidation sites excluding steroid dienone is 2. The van der Waals surface area contributed by atoms with E-state index in [0.717, 1.165) is 11.0 Å². The molecule has 3 atom stereocenters. The number of Topliss-reactive ketones (excluding diaryl/α,β-unsaturated/α-hetero) is 1. The lowest BCUT2D eigenvalue weighted by atomic mass is 9.62. The van der Waals surface area contributed by atoms with Crippen molar-refractivity contribution in [2.24, 2.45) is 17.3 Å². The predicted molar refractivity (Wildman–Crippen MR) is 93.2 cm³/mol. The second-order valence-corrected chi connectivity index (χ2v) is 8.08.